The van der Waals surface area contributed by atoms with Gasteiger partial charge in [-0.2, -0.15) is 0 Å². The maximum atomic E-state index is 13.8. The average Bonchev–Trinajstić information content (AvgIpc) is 3.43. The van der Waals surface area contributed by atoms with Gasteiger partial charge in [-0.3, -0.25) is 14.4 Å². The molecule has 2 bridgehead atoms. The molecule has 228 valence electrons. The number of halogens is 2. The minimum Gasteiger partial charge on any atom is -0.463 e. The Morgan fingerprint density at radius 1 is 0.927 bits per heavy atom. The number of carbonyl (C=O) groups excluding carboxylic acids is 3. The van der Waals surface area contributed by atoms with Crippen molar-refractivity contribution in [3.63, 3.8) is 0 Å². The number of fused-ring (bicyclic) bond motifs is 1. The van der Waals surface area contributed by atoms with Crippen LogP contribution >= 0.6 is 31.9 Å². The van der Waals surface area contributed by atoms with Crippen LogP contribution in [0.5, 0.6) is 0 Å². The number of esters is 3. The summed E-state index contributed by atoms with van der Waals surface area (Å²) in [6.45, 7) is 15.7. The van der Waals surface area contributed by atoms with E-state index < -0.39 is 17.3 Å². The van der Waals surface area contributed by atoms with Gasteiger partial charge in [-0.05, 0) is 91.3 Å². The fraction of sp³-hybridized carbons (Fsp3) is 0.853. The maximum Gasteiger partial charge on any atom is 0.318 e. The molecule has 0 amide bonds. The van der Waals surface area contributed by atoms with Gasteiger partial charge < -0.3 is 9.47 Å². The summed E-state index contributed by atoms with van der Waals surface area (Å²) in [6, 6.07) is 0. The molecule has 41 heavy (non-hydrogen) atoms. The van der Waals surface area contributed by atoms with E-state index >= 15 is 0 Å². The molecular weight excluding hydrogens is 648 g/mol. The van der Waals surface area contributed by atoms with E-state index in [9.17, 15) is 14.4 Å². The van der Waals surface area contributed by atoms with Crippen LogP contribution in [0, 0.1) is 69.0 Å². The van der Waals surface area contributed by atoms with Crippen molar-refractivity contribution < 1.29 is 23.9 Å². The predicted molar refractivity (Wildman–Crippen MR) is 165 cm³/mol. The standard InChI is InChI=1S/C34H48Br2O5/c1-17(2)18(3)27(35)28(36)19(4)22-8-9-23-31(22,6)12-11-24-32(7)13-10-21(40-20(5)37)16-33(32)14-15-34(23,24)26-25(33)29(38)41-30(26)39/h14-15,17-19,21-28H,8-13,16H2,1-7H3/t18-,19+,21-,22+,23+,24+,25-,26+,27-,28+,31-,32-,33+,34+/m1/s1. The summed E-state index contributed by atoms with van der Waals surface area (Å²) < 4.78 is 11.3. The third kappa shape index (κ3) is 3.84. The second-order valence-electron chi connectivity index (χ2n) is 15.6. The number of alkyl halides is 2. The van der Waals surface area contributed by atoms with Crippen molar-refractivity contribution in [1.82, 2.24) is 0 Å². The molecule has 5 nitrogen and oxygen atoms in total. The van der Waals surface area contributed by atoms with Crippen LogP contribution in [0.2, 0.25) is 0 Å². The first-order valence-corrected chi connectivity index (χ1v) is 17.9. The quantitative estimate of drug-likeness (QED) is 0.122. The first-order valence-electron chi connectivity index (χ1n) is 16.1. The zero-order valence-electron chi connectivity index (χ0n) is 25.8. The first-order chi connectivity index (χ1) is 19.2. The zero-order chi connectivity index (χ0) is 29.9. The third-order valence-corrected chi connectivity index (χ3v) is 17.6. The van der Waals surface area contributed by atoms with E-state index in [1.807, 2.05) is 0 Å². The fourth-order valence-corrected chi connectivity index (χ4v) is 13.9. The smallest absolute Gasteiger partial charge is 0.318 e. The molecule has 0 radical (unpaired) electrons. The van der Waals surface area contributed by atoms with E-state index in [2.05, 4.69) is 85.6 Å². The van der Waals surface area contributed by atoms with Crippen molar-refractivity contribution in [3.8, 4) is 0 Å². The number of carbonyl (C=O) groups is 3. The molecule has 0 aromatic rings. The minimum absolute atomic E-state index is 0.0825. The molecule has 0 aromatic carbocycles. The fourth-order valence-electron chi connectivity index (χ4n) is 11.9. The van der Waals surface area contributed by atoms with Gasteiger partial charge >= 0.3 is 17.9 Å². The number of hydrogen-bond acceptors (Lipinski definition) is 5. The minimum atomic E-state index is -0.512. The van der Waals surface area contributed by atoms with Crippen molar-refractivity contribution in [2.24, 2.45) is 69.0 Å². The summed E-state index contributed by atoms with van der Waals surface area (Å²) in [5, 5.41) is 0. The number of ether oxygens (including phenoxy) is 2. The van der Waals surface area contributed by atoms with Gasteiger partial charge in [0, 0.05) is 27.4 Å². The summed E-state index contributed by atoms with van der Waals surface area (Å²) in [6.07, 6.45) is 11.3. The van der Waals surface area contributed by atoms with Gasteiger partial charge in [-0.15, -0.1) is 0 Å². The van der Waals surface area contributed by atoms with E-state index in [0.717, 1.165) is 38.5 Å². The summed E-state index contributed by atoms with van der Waals surface area (Å²) in [5.41, 5.74) is -0.929. The Morgan fingerprint density at radius 3 is 2.27 bits per heavy atom. The third-order valence-electron chi connectivity index (χ3n) is 14.1. The Bertz CT molecular complexity index is 1170. The number of rotatable bonds is 6. The Labute approximate surface area is 263 Å². The Balaban J connectivity index is 1.41. The Morgan fingerprint density at radius 2 is 1.61 bits per heavy atom. The Hall–Kier alpha value is -0.690. The summed E-state index contributed by atoms with van der Waals surface area (Å²) >= 11 is 8.23. The molecule has 7 aliphatic rings. The van der Waals surface area contributed by atoms with Crippen molar-refractivity contribution in [3.05, 3.63) is 12.2 Å². The lowest BCUT2D eigenvalue weighted by Crippen LogP contribution is -2.72. The second kappa shape index (κ2) is 9.91. The van der Waals surface area contributed by atoms with Gasteiger partial charge in [0.1, 0.15) is 6.10 Å². The molecule has 2 spiro atoms. The highest BCUT2D eigenvalue weighted by atomic mass is 79.9. The lowest BCUT2D eigenvalue weighted by atomic mass is 9.28. The Kier molecular flexibility index (Phi) is 7.33. The molecule has 7 rings (SSSR count). The number of hydrogen-bond donors (Lipinski definition) is 0. The molecule has 1 saturated heterocycles. The van der Waals surface area contributed by atoms with Crippen LogP contribution < -0.4 is 0 Å². The molecule has 4 saturated carbocycles. The highest BCUT2D eigenvalue weighted by molar-refractivity contribution is 9.12. The molecule has 14 atom stereocenters. The normalized spacial score (nSPS) is 48.9. The molecular formula is C34H48Br2O5. The highest BCUT2D eigenvalue weighted by Crippen LogP contribution is 2.82. The van der Waals surface area contributed by atoms with Crippen LogP contribution in [-0.2, 0) is 23.9 Å². The van der Waals surface area contributed by atoms with Crippen LogP contribution in [0.4, 0.5) is 0 Å². The maximum absolute atomic E-state index is 13.8. The van der Waals surface area contributed by atoms with Gasteiger partial charge in [0.2, 0.25) is 0 Å². The van der Waals surface area contributed by atoms with Crippen LogP contribution in [0.15, 0.2) is 12.2 Å². The molecule has 0 unspecified atom stereocenters. The number of allylic oxidation sites excluding steroid dienone is 2. The monoisotopic (exact) mass is 694 g/mol. The van der Waals surface area contributed by atoms with Crippen LogP contribution in [0.3, 0.4) is 0 Å². The van der Waals surface area contributed by atoms with E-state index in [0.29, 0.717) is 51.6 Å². The molecule has 1 aliphatic heterocycles. The first kappa shape index (κ1) is 30.3. The lowest BCUT2D eigenvalue weighted by Gasteiger charge is -2.74. The van der Waals surface area contributed by atoms with E-state index in [1.165, 1.54) is 6.92 Å². The van der Waals surface area contributed by atoms with Crippen LogP contribution in [-0.4, -0.2) is 33.7 Å². The highest BCUT2D eigenvalue weighted by Gasteiger charge is 2.81. The van der Waals surface area contributed by atoms with Gasteiger partial charge in [0.15, 0.2) is 0 Å². The van der Waals surface area contributed by atoms with Crippen molar-refractivity contribution in [2.75, 3.05) is 0 Å². The van der Waals surface area contributed by atoms with Crippen molar-refractivity contribution in [2.45, 2.75) is 109 Å². The number of cyclic esters (lactones) is 2. The summed E-state index contributed by atoms with van der Waals surface area (Å²) in [7, 11) is 0. The molecule has 1 heterocycles. The largest absolute Gasteiger partial charge is 0.463 e. The second-order valence-corrected chi connectivity index (χ2v) is 17.8. The zero-order valence-corrected chi connectivity index (χ0v) is 28.9. The lowest BCUT2D eigenvalue weighted by molar-refractivity contribution is -0.243. The van der Waals surface area contributed by atoms with Crippen LogP contribution in [0.1, 0.15) is 93.4 Å². The van der Waals surface area contributed by atoms with Gasteiger partial charge in [0.05, 0.1) is 11.8 Å². The van der Waals surface area contributed by atoms with E-state index in [1.54, 1.807) is 0 Å². The predicted octanol–water partition coefficient (Wildman–Crippen LogP) is 7.88. The van der Waals surface area contributed by atoms with E-state index in [-0.39, 0.29) is 40.3 Å². The van der Waals surface area contributed by atoms with Crippen LogP contribution in [0.25, 0.3) is 0 Å². The molecule has 0 aromatic heterocycles. The molecule has 7 heteroatoms. The molecule has 6 aliphatic carbocycles. The molecule has 0 N–H and O–H groups in total. The summed E-state index contributed by atoms with van der Waals surface area (Å²) in [4.78, 5) is 40.1. The average molecular weight is 697 g/mol. The van der Waals surface area contributed by atoms with Gasteiger partial charge in [-0.1, -0.05) is 85.6 Å². The molecule has 5 fully saturated rings. The SMILES string of the molecule is CC(=O)O[C@@H]1CC[C@]2(C)[C@@H]3CC[C@]4(C)[C@H]([C@H](C)[C@H](Br)[C@H](Br)[C@H](C)C(C)C)CC[C@@H]4[C@@]34C=C[C@]2(C1)[C@H]1C(=O)OC(=O)[C@H]14. The van der Waals surface area contributed by atoms with Crippen molar-refractivity contribution >= 4 is 49.8 Å². The summed E-state index contributed by atoms with van der Waals surface area (Å²) in [5.74, 6) is 0.953. The van der Waals surface area contributed by atoms with E-state index in [4.69, 9.17) is 9.47 Å². The van der Waals surface area contributed by atoms with Gasteiger partial charge in [0.25, 0.3) is 0 Å². The van der Waals surface area contributed by atoms with Crippen molar-refractivity contribution in [1.29, 1.82) is 0 Å². The van der Waals surface area contributed by atoms with Gasteiger partial charge in [-0.25, -0.2) is 0 Å². The topological polar surface area (TPSA) is 69.7 Å².